The average molecular weight is 260 g/mol. The summed E-state index contributed by atoms with van der Waals surface area (Å²) < 4.78 is 5.55. The van der Waals surface area contributed by atoms with Crippen molar-refractivity contribution in [2.45, 2.75) is 18.4 Å². The molecule has 1 aliphatic carbocycles. The lowest BCUT2D eigenvalue weighted by Gasteiger charge is -2.09. The maximum atomic E-state index is 11.9. The van der Waals surface area contributed by atoms with Crippen molar-refractivity contribution in [2.24, 2.45) is 5.73 Å². The number of aromatic nitrogens is 1. The predicted molar refractivity (Wildman–Crippen MR) is 73.1 cm³/mol. The van der Waals surface area contributed by atoms with Crippen LogP contribution < -0.4 is 16.0 Å². The number of rotatable bonds is 3. The number of carbonyl (C=O) groups is 1. The summed E-state index contributed by atoms with van der Waals surface area (Å²) in [4.78, 5) is 18.0. The SMILES string of the molecule is CN(C)c1nc2cc(NC(=O)C3(N)CC3)ccc2o1. The number of hydrogen-bond acceptors (Lipinski definition) is 5. The summed E-state index contributed by atoms with van der Waals surface area (Å²) in [6, 6.07) is 5.91. The molecule has 6 heteroatoms. The summed E-state index contributed by atoms with van der Waals surface area (Å²) in [5.41, 5.74) is 7.26. The minimum atomic E-state index is -0.673. The molecule has 1 aromatic heterocycles. The van der Waals surface area contributed by atoms with E-state index in [0.717, 1.165) is 12.8 Å². The molecule has 1 saturated carbocycles. The Morgan fingerprint density at radius 1 is 1.47 bits per heavy atom. The zero-order valence-electron chi connectivity index (χ0n) is 10.9. The minimum Gasteiger partial charge on any atom is -0.423 e. The van der Waals surface area contributed by atoms with Crippen LogP contribution in [0.1, 0.15) is 12.8 Å². The van der Waals surface area contributed by atoms with E-state index >= 15 is 0 Å². The van der Waals surface area contributed by atoms with E-state index in [2.05, 4.69) is 10.3 Å². The van der Waals surface area contributed by atoms with Crippen LogP contribution in [0.15, 0.2) is 22.6 Å². The molecule has 0 bridgehead atoms. The van der Waals surface area contributed by atoms with Gasteiger partial charge in [-0.3, -0.25) is 4.79 Å². The third-order valence-corrected chi connectivity index (χ3v) is 3.26. The van der Waals surface area contributed by atoms with E-state index in [9.17, 15) is 4.79 Å². The largest absolute Gasteiger partial charge is 0.423 e. The topological polar surface area (TPSA) is 84.4 Å². The number of nitrogens with zero attached hydrogens (tertiary/aromatic N) is 2. The van der Waals surface area contributed by atoms with Crippen LogP contribution in [0, 0.1) is 0 Å². The molecule has 0 unspecified atom stereocenters. The van der Waals surface area contributed by atoms with Crippen molar-refractivity contribution in [1.29, 1.82) is 0 Å². The molecule has 0 aliphatic heterocycles. The lowest BCUT2D eigenvalue weighted by Crippen LogP contribution is -2.37. The van der Waals surface area contributed by atoms with E-state index in [1.807, 2.05) is 14.1 Å². The molecule has 6 nitrogen and oxygen atoms in total. The smallest absolute Gasteiger partial charge is 0.297 e. The van der Waals surface area contributed by atoms with Crippen molar-refractivity contribution < 1.29 is 9.21 Å². The summed E-state index contributed by atoms with van der Waals surface area (Å²) >= 11 is 0. The molecule has 3 N–H and O–H groups in total. The number of fused-ring (bicyclic) bond motifs is 1. The van der Waals surface area contributed by atoms with Gasteiger partial charge in [-0.2, -0.15) is 4.98 Å². The fourth-order valence-corrected chi connectivity index (χ4v) is 1.80. The number of nitrogens with one attached hydrogen (secondary N) is 1. The Balaban J connectivity index is 1.86. The zero-order chi connectivity index (χ0) is 13.6. The first-order valence-electron chi connectivity index (χ1n) is 6.16. The molecule has 2 aromatic rings. The van der Waals surface area contributed by atoms with Crippen LogP contribution >= 0.6 is 0 Å². The van der Waals surface area contributed by atoms with Crippen molar-refractivity contribution in [1.82, 2.24) is 4.98 Å². The first-order chi connectivity index (χ1) is 8.98. The molecule has 0 spiro atoms. The molecule has 0 saturated heterocycles. The van der Waals surface area contributed by atoms with Gasteiger partial charge in [0.25, 0.3) is 6.01 Å². The van der Waals surface area contributed by atoms with Gasteiger partial charge in [-0.1, -0.05) is 0 Å². The molecule has 1 fully saturated rings. The Labute approximate surface area is 110 Å². The van der Waals surface area contributed by atoms with Crippen LogP contribution in [0.5, 0.6) is 0 Å². The van der Waals surface area contributed by atoms with Crippen molar-refractivity contribution in [3.05, 3.63) is 18.2 Å². The highest BCUT2D eigenvalue weighted by molar-refractivity contribution is 6.01. The van der Waals surface area contributed by atoms with E-state index in [1.165, 1.54) is 0 Å². The fourth-order valence-electron chi connectivity index (χ4n) is 1.80. The molecule has 3 rings (SSSR count). The van der Waals surface area contributed by atoms with Gasteiger partial charge < -0.3 is 20.4 Å². The number of oxazole rings is 1. The maximum absolute atomic E-state index is 11.9. The number of hydrogen-bond donors (Lipinski definition) is 2. The van der Waals surface area contributed by atoms with Gasteiger partial charge >= 0.3 is 0 Å². The van der Waals surface area contributed by atoms with Crippen LogP contribution in [-0.2, 0) is 4.79 Å². The second-order valence-corrected chi connectivity index (χ2v) is 5.18. The summed E-state index contributed by atoms with van der Waals surface area (Å²) in [5, 5.41) is 2.82. The molecule has 0 radical (unpaired) electrons. The number of carbonyl (C=O) groups excluding carboxylic acids is 1. The fraction of sp³-hybridized carbons (Fsp3) is 0.385. The van der Waals surface area contributed by atoms with Gasteiger partial charge in [-0.05, 0) is 31.0 Å². The van der Waals surface area contributed by atoms with Crippen molar-refractivity contribution in [2.75, 3.05) is 24.3 Å². The highest BCUT2D eigenvalue weighted by Crippen LogP contribution is 2.33. The molecule has 1 heterocycles. The molecule has 1 aliphatic rings. The zero-order valence-corrected chi connectivity index (χ0v) is 10.9. The lowest BCUT2D eigenvalue weighted by molar-refractivity contribution is -0.118. The Kier molecular flexibility index (Phi) is 2.50. The van der Waals surface area contributed by atoms with Crippen LogP contribution in [0.2, 0.25) is 0 Å². The Hall–Kier alpha value is -2.08. The van der Waals surface area contributed by atoms with Crippen LogP contribution in [0.3, 0.4) is 0 Å². The summed E-state index contributed by atoms with van der Waals surface area (Å²) in [5.74, 6) is -0.136. The van der Waals surface area contributed by atoms with E-state index in [1.54, 1.807) is 23.1 Å². The number of amides is 1. The summed E-state index contributed by atoms with van der Waals surface area (Å²) in [7, 11) is 3.72. The molecule has 1 aromatic carbocycles. The Morgan fingerprint density at radius 3 is 2.84 bits per heavy atom. The Bertz CT molecular complexity index is 643. The van der Waals surface area contributed by atoms with Gasteiger partial charge in [0.15, 0.2) is 5.58 Å². The molecule has 19 heavy (non-hydrogen) atoms. The van der Waals surface area contributed by atoms with Crippen LogP contribution in [0.25, 0.3) is 11.1 Å². The monoisotopic (exact) mass is 260 g/mol. The van der Waals surface area contributed by atoms with Crippen molar-refractivity contribution in [3.63, 3.8) is 0 Å². The molecular formula is C13H16N4O2. The summed E-state index contributed by atoms with van der Waals surface area (Å²) in [6.45, 7) is 0. The van der Waals surface area contributed by atoms with E-state index in [0.29, 0.717) is 22.8 Å². The third-order valence-electron chi connectivity index (χ3n) is 3.26. The molecular weight excluding hydrogens is 244 g/mol. The van der Waals surface area contributed by atoms with E-state index in [-0.39, 0.29) is 5.91 Å². The van der Waals surface area contributed by atoms with Gasteiger partial charge in [0.2, 0.25) is 5.91 Å². The molecule has 100 valence electrons. The normalized spacial score (nSPS) is 16.4. The Morgan fingerprint density at radius 2 is 2.21 bits per heavy atom. The highest BCUT2D eigenvalue weighted by Gasteiger charge is 2.45. The van der Waals surface area contributed by atoms with Gasteiger partial charge in [0.1, 0.15) is 5.52 Å². The van der Waals surface area contributed by atoms with E-state index < -0.39 is 5.54 Å². The van der Waals surface area contributed by atoms with Crippen LogP contribution in [-0.4, -0.2) is 30.5 Å². The quantitative estimate of drug-likeness (QED) is 0.869. The van der Waals surface area contributed by atoms with Gasteiger partial charge in [-0.25, -0.2) is 0 Å². The third kappa shape index (κ3) is 2.15. The second kappa shape index (κ2) is 3.96. The first kappa shape index (κ1) is 12.0. The minimum absolute atomic E-state index is 0.136. The standard InChI is InChI=1S/C13H16N4O2/c1-17(2)12-16-9-7-8(3-4-10(9)19-12)15-11(18)13(14)5-6-13/h3-4,7H,5-6,14H2,1-2H3,(H,15,18). The predicted octanol–water partition coefficient (Wildman–Crippen LogP) is 1.32. The van der Waals surface area contributed by atoms with Gasteiger partial charge in [0, 0.05) is 19.8 Å². The van der Waals surface area contributed by atoms with Gasteiger partial charge in [-0.15, -0.1) is 0 Å². The second-order valence-electron chi connectivity index (χ2n) is 5.18. The maximum Gasteiger partial charge on any atom is 0.297 e. The number of benzene rings is 1. The number of nitrogens with two attached hydrogens (primary N) is 1. The van der Waals surface area contributed by atoms with E-state index in [4.69, 9.17) is 10.2 Å². The number of anilines is 2. The lowest BCUT2D eigenvalue weighted by atomic mass is 10.2. The molecule has 1 amide bonds. The van der Waals surface area contributed by atoms with Crippen molar-refractivity contribution >= 4 is 28.7 Å². The van der Waals surface area contributed by atoms with Gasteiger partial charge in [0.05, 0.1) is 5.54 Å². The first-order valence-corrected chi connectivity index (χ1v) is 6.16. The highest BCUT2D eigenvalue weighted by atomic mass is 16.4. The van der Waals surface area contributed by atoms with Crippen LogP contribution in [0.4, 0.5) is 11.7 Å². The average Bonchev–Trinajstić information content (AvgIpc) is 2.97. The van der Waals surface area contributed by atoms with Crippen molar-refractivity contribution in [3.8, 4) is 0 Å². The summed E-state index contributed by atoms with van der Waals surface area (Å²) in [6.07, 6.45) is 1.49. The molecule has 0 atom stereocenters.